The van der Waals surface area contributed by atoms with Crippen LogP contribution in [0.15, 0.2) is 30.9 Å². The van der Waals surface area contributed by atoms with Crippen LogP contribution in [0.1, 0.15) is 22.3 Å². The third-order valence-electron chi connectivity index (χ3n) is 2.07. The maximum atomic E-state index is 11.6. The first-order valence-electron chi connectivity index (χ1n) is 4.80. The standard InChI is InChI=1S/C12H14ClNO/c1-3-4-7-14-12(15)10-6-5-9(2)11(13)8-10/h3,5-6,8H,1,4,7H2,2H3,(H,14,15). The van der Waals surface area contributed by atoms with Gasteiger partial charge in [0.2, 0.25) is 0 Å². The van der Waals surface area contributed by atoms with Crippen LogP contribution in [0.2, 0.25) is 5.02 Å². The molecule has 0 aromatic heterocycles. The first-order chi connectivity index (χ1) is 7.15. The van der Waals surface area contributed by atoms with Gasteiger partial charge in [-0.1, -0.05) is 23.7 Å². The van der Waals surface area contributed by atoms with Crippen LogP contribution in [-0.4, -0.2) is 12.5 Å². The van der Waals surface area contributed by atoms with Crippen molar-refractivity contribution < 1.29 is 4.79 Å². The highest BCUT2D eigenvalue weighted by atomic mass is 35.5. The Labute approximate surface area is 94.9 Å². The Hall–Kier alpha value is -1.28. The minimum atomic E-state index is -0.0984. The van der Waals surface area contributed by atoms with Crippen LogP contribution >= 0.6 is 11.6 Å². The summed E-state index contributed by atoms with van der Waals surface area (Å²) < 4.78 is 0. The molecule has 0 fully saturated rings. The average molecular weight is 224 g/mol. The SMILES string of the molecule is C=CCCNC(=O)c1ccc(C)c(Cl)c1. The van der Waals surface area contributed by atoms with Crippen molar-refractivity contribution in [3.63, 3.8) is 0 Å². The minimum Gasteiger partial charge on any atom is -0.352 e. The predicted molar refractivity (Wildman–Crippen MR) is 63.3 cm³/mol. The molecule has 0 unspecified atom stereocenters. The number of nitrogens with one attached hydrogen (secondary N) is 1. The second-order valence-electron chi connectivity index (χ2n) is 3.30. The molecule has 15 heavy (non-hydrogen) atoms. The van der Waals surface area contributed by atoms with Crippen molar-refractivity contribution in [3.8, 4) is 0 Å². The molecule has 2 nitrogen and oxygen atoms in total. The van der Waals surface area contributed by atoms with E-state index < -0.39 is 0 Å². The number of hydrogen-bond donors (Lipinski definition) is 1. The van der Waals surface area contributed by atoms with Gasteiger partial charge in [-0.15, -0.1) is 6.58 Å². The topological polar surface area (TPSA) is 29.1 Å². The van der Waals surface area contributed by atoms with Gasteiger partial charge in [-0.25, -0.2) is 0 Å². The smallest absolute Gasteiger partial charge is 0.251 e. The molecule has 1 aromatic rings. The van der Waals surface area contributed by atoms with Crippen LogP contribution in [0.5, 0.6) is 0 Å². The van der Waals surface area contributed by atoms with Crippen molar-refractivity contribution in [2.24, 2.45) is 0 Å². The molecule has 0 saturated carbocycles. The maximum absolute atomic E-state index is 11.6. The molecule has 0 aliphatic rings. The third-order valence-corrected chi connectivity index (χ3v) is 2.48. The largest absolute Gasteiger partial charge is 0.352 e. The van der Waals surface area contributed by atoms with Gasteiger partial charge in [0, 0.05) is 17.1 Å². The summed E-state index contributed by atoms with van der Waals surface area (Å²) in [5.41, 5.74) is 1.56. The Balaban J connectivity index is 2.65. The fourth-order valence-corrected chi connectivity index (χ4v) is 1.30. The average Bonchev–Trinajstić information content (AvgIpc) is 2.22. The van der Waals surface area contributed by atoms with E-state index in [1.807, 2.05) is 13.0 Å². The number of carbonyl (C=O) groups excluding carboxylic acids is 1. The van der Waals surface area contributed by atoms with Crippen LogP contribution < -0.4 is 5.32 Å². The third kappa shape index (κ3) is 3.40. The highest BCUT2D eigenvalue weighted by Gasteiger charge is 2.05. The van der Waals surface area contributed by atoms with Crippen LogP contribution in [-0.2, 0) is 0 Å². The molecule has 1 aromatic carbocycles. The Morgan fingerprint density at radius 3 is 2.93 bits per heavy atom. The summed E-state index contributed by atoms with van der Waals surface area (Å²) in [5, 5.41) is 3.39. The summed E-state index contributed by atoms with van der Waals surface area (Å²) in [7, 11) is 0. The van der Waals surface area contributed by atoms with Crippen molar-refractivity contribution in [2.45, 2.75) is 13.3 Å². The molecule has 0 atom stereocenters. The molecule has 0 aliphatic heterocycles. The molecule has 1 N–H and O–H groups in total. The number of halogens is 1. The lowest BCUT2D eigenvalue weighted by molar-refractivity contribution is 0.0954. The molecule has 0 radical (unpaired) electrons. The Bertz CT molecular complexity index is 374. The van der Waals surface area contributed by atoms with Crippen LogP contribution in [0, 0.1) is 6.92 Å². The Morgan fingerprint density at radius 1 is 1.60 bits per heavy atom. The number of rotatable bonds is 4. The second-order valence-corrected chi connectivity index (χ2v) is 3.70. The lowest BCUT2D eigenvalue weighted by atomic mass is 10.1. The number of carbonyl (C=O) groups is 1. The van der Waals surface area contributed by atoms with E-state index >= 15 is 0 Å². The molecular formula is C12H14ClNO. The van der Waals surface area contributed by atoms with Gasteiger partial charge in [-0.2, -0.15) is 0 Å². The van der Waals surface area contributed by atoms with Gasteiger partial charge in [0.1, 0.15) is 0 Å². The highest BCUT2D eigenvalue weighted by Crippen LogP contribution is 2.16. The van der Waals surface area contributed by atoms with Gasteiger partial charge >= 0.3 is 0 Å². The summed E-state index contributed by atoms with van der Waals surface area (Å²) in [6.45, 7) is 6.09. The summed E-state index contributed by atoms with van der Waals surface area (Å²) >= 11 is 5.92. The van der Waals surface area contributed by atoms with Gasteiger partial charge < -0.3 is 5.32 Å². The van der Waals surface area contributed by atoms with Crippen molar-refractivity contribution in [1.29, 1.82) is 0 Å². The number of hydrogen-bond acceptors (Lipinski definition) is 1. The molecule has 3 heteroatoms. The predicted octanol–water partition coefficient (Wildman–Crippen LogP) is 2.95. The monoisotopic (exact) mass is 223 g/mol. The quantitative estimate of drug-likeness (QED) is 0.617. The zero-order valence-electron chi connectivity index (χ0n) is 8.72. The van der Waals surface area contributed by atoms with E-state index in [0.717, 1.165) is 12.0 Å². The Morgan fingerprint density at radius 2 is 2.33 bits per heavy atom. The summed E-state index contributed by atoms with van der Waals surface area (Å²) in [6, 6.07) is 5.29. The van der Waals surface area contributed by atoms with Crippen molar-refractivity contribution in [2.75, 3.05) is 6.54 Å². The summed E-state index contributed by atoms with van der Waals surface area (Å²) in [6.07, 6.45) is 2.54. The van der Waals surface area contributed by atoms with Gasteiger partial charge in [0.15, 0.2) is 0 Å². The number of amides is 1. The first-order valence-corrected chi connectivity index (χ1v) is 5.18. The van der Waals surface area contributed by atoms with E-state index in [9.17, 15) is 4.79 Å². The normalized spacial score (nSPS) is 9.73. The van der Waals surface area contributed by atoms with Crippen molar-refractivity contribution in [3.05, 3.63) is 47.0 Å². The van der Waals surface area contributed by atoms with E-state index in [4.69, 9.17) is 11.6 Å². The Kier molecular flexibility index (Phi) is 4.37. The van der Waals surface area contributed by atoms with E-state index in [0.29, 0.717) is 17.1 Å². The fraction of sp³-hybridized carbons (Fsp3) is 0.250. The molecule has 0 aliphatic carbocycles. The van der Waals surface area contributed by atoms with E-state index in [2.05, 4.69) is 11.9 Å². The van der Waals surface area contributed by atoms with Gasteiger partial charge in [-0.05, 0) is 31.0 Å². The van der Waals surface area contributed by atoms with Crippen molar-refractivity contribution in [1.82, 2.24) is 5.32 Å². The fourth-order valence-electron chi connectivity index (χ4n) is 1.12. The molecule has 0 saturated heterocycles. The highest BCUT2D eigenvalue weighted by molar-refractivity contribution is 6.31. The summed E-state index contributed by atoms with van der Waals surface area (Å²) in [4.78, 5) is 11.6. The molecule has 1 amide bonds. The van der Waals surface area contributed by atoms with Gasteiger partial charge in [0.05, 0.1) is 0 Å². The van der Waals surface area contributed by atoms with Crippen LogP contribution in [0.4, 0.5) is 0 Å². The first kappa shape index (κ1) is 11.8. The molecule has 0 bridgehead atoms. The zero-order chi connectivity index (χ0) is 11.3. The van der Waals surface area contributed by atoms with E-state index in [1.54, 1.807) is 18.2 Å². The summed E-state index contributed by atoms with van der Waals surface area (Å²) in [5.74, 6) is -0.0984. The maximum Gasteiger partial charge on any atom is 0.251 e. The molecule has 0 spiro atoms. The van der Waals surface area contributed by atoms with E-state index in [1.165, 1.54) is 0 Å². The van der Waals surface area contributed by atoms with Crippen molar-refractivity contribution >= 4 is 17.5 Å². The lowest BCUT2D eigenvalue weighted by Crippen LogP contribution is -2.24. The van der Waals surface area contributed by atoms with Crippen LogP contribution in [0.25, 0.3) is 0 Å². The number of benzene rings is 1. The molecule has 80 valence electrons. The lowest BCUT2D eigenvalue weighted by Gasteiger charge is -2.05. The van der Waals surface area contributed by atoms with Gasteiger partial charge in [-0.3, -0.25) is 4.79 Å². The molecular weight excluding hydrogens is 210 g/mol. The second kappa shape index (κ2) is 5.56. The van der Waals surface area contributed by atoms with Crippen LogP contribution in [0.3, 0.4) is 0 Å². The van der Waals surface area contributed by atoms with Gasteiger partial charge in [0.25, 0.3) is 5.91 Å². The number of aryl methyl sites for hydroxylation is 1. The molecule has 1 rings (SSSR count). The van der Waals surface area contributed by atoms with E-state index in [-0.39, 0.29) is 5.91 Å². The molecule has 0 heterocycles. The zero-order valence-corrected chi connectivity index (χ0v) is 9.47. The minimum absolute atomic E-state index is 0.0984.